The maximum atomic E-state index is 13.3. The predicted molar refractivity (Wildman–Crippen MR) is 115 cm³/mol. The molecule has 158 valence electrons. The third-order valence-corrected chi connectivity index (χ3v) is 6.22. The predicted octanol–water partition coefficient (Wildman–Crippen LogP) is 2.48. The van der Waals surface area contributed by atoms with Gasteiger partial charge in [0, 0.05) is 23.1 Å². The molecule has 0 spiro atoms. The van der Waals surface area contributed by atoms with Crippen LogP contribution in [-0.2, 0) is 28.3 Å². The van der Waals surface area contributed by atoms with Gasteiger partial charge >= 0.3 is 5.97 Å². The SMILES string of the molecule is CC[C@@]1(O)C(=O)OCc2c1cc1n(c2=O)Cc2c-1nc1ccccc1c2/C=C/CCO. The second kappa shape index (κ2) is 7.14. The summed E-state index contributed by atoms with van der Waals surface area (Å²) in [6.45, 7) is 1.93. The molecule has 2 aromatic heterocycles. The third kappa shape index (κ3) is 2.77. The van der Waals surface area contributed by atoms with Crippen molar-refractivity contribution in [1.29, 1.82) is 0 Å². The minimum Gasteiger partial charge on any atom is -0.458 e. The van der Waals surface area contributed by atoms with Crippen molar-refractivity contribution in [3.63, 3.8) is 0 Å². The van der Waals surface area contributed by atoms with Gasteiger partial charge in [0.05, 0.1) is 29.0 Å². The van der Waals surface area contributed by atoms with Crippen LogP contribution in [0, 0.1) is 0 Å². The lowest BCUT2D eigenvalue weighted by molar-refractivity contribution is -0.172. The van der Waals surface area contributed by atoms with Gasteiger partial charge in [-0.15, -0.1) is 0 Å². The van der Waals surface area contributed by atoms with Gasteiger partial charge in [-0.2, -0.15) is 0 Å². The lowest BCUT2D eigenvalue weighted by atomic mass is 9.86. The molecule has 0 fully saturated rings. The minimum absolute atomic E-state index is 0.0533. The van der Waals surface area contributed by atoms with Crippen molar-refractivity contribution in [1.82, 2.24) is 9.55 Å². The Balaban J connectivity index is 1.80. The number of aliphatic hydroxyl groups is 2. The van der Waals surface area contributed by atoms with E-state index in [0.29, 0.717) is 35.5 Å². The number of para-hydroxylation sites is 1. The van der Waals surface area contributed by atoms with E-state index in [0.717, 1.165) is 22.0 Å². The Morgan fingerprint density at radius 1 is 1.26 bits per heavy atom. The van der Waals surface area contributed by atoms with Crippen LogP contribution in [0.1, 0.15) is 42.0 Å². The molecule has 2 N–H and O–H groups in total. The van der Waals surface area contributed by atoms with E-state index >= 15 is 0 Å². The van der Waals surface area contributed by atoms with Crippen molar-refractivity contribution in [2.24, 2.45) is 0 Å². The Kier molecular flexibility index (Phi) is 4.53. The van der Waals surface area contributed by atoms with Crippen molar-refractivity contribution in [3.8, 4) is 11.4 Å². The lowest BCUT2D eigenvalue weighted by Crippen LogP contribution is -2.44. The number of hydrogen-bond donors (Lipinski definition) is 2. The van der Waals surface area contributed by atoms with Crippen LogP contribution in [0.15, 0.2) is 41.2 Å². The number of esters is 1. The Morgan fingerprint density at radius 3 is 2.84 bits per heavy atom. The van der Waals surface area contributed by atoms with Gasteiger partial charge in [0.15, 0.2) is 5.60 Å². The summed E-state index contributed by atoms with van der Waals surface area (Å²) in [6.07, 6.45) is 4.50. The molecule has 2 aliphatic rings. The highest BCUT2D eigenvalue weighted by Crippen LogP contribution is 2.40. The highest BCUT2D eigenvalue weighted by Gasteiger charge is 2.45. The molecule has 4 heterocycles. The summed E-state index contributed by atoms with van der Waals surface area (Å²) in [6, 6.07) is 9.47. The molecule has 7 nitrogen and oxygen atoms in total. The van der Waals surface area contributed by atoms with E-state index in [1.54, 1.807) is 17.6 Å². The van der Waals surface area contributed by atoms with Crippen molar-refractivity contribution < 1.29 is 19.7 Å². The highest BCUT2D eigenvalue weighted by atomic mass is 16.6. The number of rotatable bonds is 4. The molecular formula is C24H22N2O5. The number of fused-ring (bicyclic) bond motifs is 5. The van der Waals surface area contributed by atoms with Gasteiger partial charge in [0.25, 0.3) is 5.56 Å². The van der Waals surface area contributed by atoms with E-state index in [9.17, 15) is 19.8 Å². The number of cyclic esters (lactones) is 1. The van der Waals surface area contributed by atoms with E-state index < -0.39 is 11.6 Å². The zero-order valence-electron chi connectivity index (χ0n) is 17.1. The first-order valence-corrected chi connectivity index (χ1v) is 10.4. The first-order valence-electron chi connectivity index (χ1n) is 10.4. The van der Waals surface area contributed by atoms with Crippen LogP contribution >= 0.6 is 0 Å². The van der Waals surface area contributed by atoms with Crippen LogP contribution < -0.4 is 5.56 Å². The summed E-state index contributed by atoms with van der Waals surface area (Å²) in [7, 11) is 0. The van der Waals surface area contributed by atoms with Crippen LogP contribution in [0.25, 0.3) is 28.4 Å². The maximum Gasteiger partial charge on any atom is 0.343 e. The van der Waals surface area contributed by atoms with Crippen LogP contribution in [0.2, 0.25) is 0 Å². The van der Waals surface area contributed by atoms with Crippen LogP contribution in [-0.4, -0.2) is 32.3 Å². The number of ether oxygens (including phenoxy) is 1. The molecule has 0 bridgehead atoms. The molecule has 0 radical (unpaired) electrons. The van der Waals surface area contributed by atoms with Gasteiger partial charge in [-0.05, 0) is 30.5 Å². The fourth-order valence-corrected chi connectivity index (χ4v) is 4.53. The molecule has 0 saturated heterocycles. The summed E-state index contributed by atoms with van der Waals surface area (Å²) >= 11 is 0. The second-order valence-corrected chi connectivity index (χ2v) is 7.89. The van der Waals surface area contributed by atoms with Crippen molar-refractivity contribution >= 4 is 22.9 Å². The van der Waals surface area contributed by atoms with Gasteiger partial charge in [0.2, 0.25) is 0 Å². The molecule has 31 heavy (non-hydrogen) atoms. The van der Waals surface area contributed by atoms with Gasteiger partial charge in [-0.3, -0.25) is 4.79 Å². The lowest BCUT2D eigenvalue weighted by Gasteiger charge is -2.31. The smallest absolute Gasteiger partial charge is 0.343 e. The Morgan fingerprint density at radius 2 is 2.06 bits per heavy atom. The first-order chi connectivity index (χ1) is 15.0. The Hall–Kier alpha value is -3.29. The molecule has 5 rings (SSSR count). The standard InChI is InChI=1S/C24H22N2O5/c1-2-24(30)18-11-20-21-16(12-26(20)22(28)17(18)13-31-23(24)29)14(7-5-6-10-27)15-8-3-4-9-19(15)25-21/h3-5,7-9,11,27,30H,2,6,10,12-13H2,1H3/b7-5+/t24-/m0/s1. The second-order valence-electron chi connectivity index (χ2n) is 7.89. The van der Waals surface area contributed by atoms with Gasteiger partial charge < -0.3 is 19.5 Å². The van der Waals surface area contributed by atoms with Gasteiger partial charge in [0.1, 0.15) is 6.61 Å². The Labute approximate surface area is 178 Å². The molecule has 1 atom stereocenters. The summed E-state index contributed by atoms with van der Waals surface area (Å²) in [4.78, 5) is 30.5. The quantitative estimate of drug-likeness (QED) is 0.494. The van der Waals surface area contributed by atoms with Gasteiger partial charge in [-0.1, -0.05) is 37.3 Å². The summed E-state index contributed by atoms with van der Waals surface area (Å²) < 4.78 is 6.76. The third-order valence-electron chi connectivity index (χ3n) is 6.22. The molecule has 2 aliphatic heterocycles. The summed E-state index contributed by atoms with van der Waals surface area (Å²) in [5.74, 6) is -0.732. The van der Waals surface area contributed by atoms with E-state index in [1.165, 1.54) is 0 Å². The summed E-state index contributed by atoms with van der Waals surface area (Å²) in [5.41, 5.74) is 2.39. The molecule has 0 unspecified atom stereocenters. The van der Waals surface area contributed by atoms with Gasteiger partial charge in [-0.25, -0.2) is 9.78 Å². The normalized spacial score (nSPS) is 19.4. The number of carbonyl (C=O) groups is 1. The zero-order chi connectivity index (χ0) is 21.8. The molecule has 0 aliphatic carbocycles. The largest absolute Gasteiger partial charge is 0.458 e. The highest BCUT2D eigenvalue weighted by molar-refractivity contribution is 5.93. The van der Waals surface area contributed by atoms with Crippen LogP contribution in [0.5, 0.6) is 0 Å². The fraction of sp³-hybridized carbons (Fsp3) is 0.292. The molecule has 0 amide bonds. The zero-order valence-corrected chi connectivity index (χ0v) is 17.1. The van der Waals surface area contributed by atoms with Crippen molar-refractivity contribution in [2.75, 3.05) is 6.61 Å². The van der Waals surface area contributed by atoms with Crippen molar-refractivity contribution in [2.45, 2.75) is 38.5 Å². The minimum atomic E-state index is -1.84. The summed E-state index contributed by atoms with van der Waals surface area (Å²) in [5, 5.41) is 21.1. The number of hydrogen-bond acceptors (Lipinski definition) is 6. The number of nitrogens with zero attached hydrogens (tertiary/aromatic N) is 2. The molecule has 1 aromatic carbocycles. The monoisotopic (exact) mass is 418 g/mol. The van der Waals surface area contributed by atoms with Crippen LogP contribution in [0.4, 0.5) is 0 Å². The number of carbonyl (C=O) groups excluding carboxylic acids is 1. The fourth-order valence-electron chi connectivity index (χ4n) is 4.53. The van der Waals surface area contributed by atoms with E-state index in [2.05, 4.69) is 0 Å². The topological polar surface area (TPSA) is 102 Å². The number of benzene rings is 1. The average Bonchev–Trinajstić information content (AvgIpc) is 3.15. The molecular weight excluding hydrogens is 396 g/mol. The van der Waals surface area contributed by atoms with E-state index in [1.807, 2.05) is 36.4 Å². The average molecular weight is 418 g/mol. The first kappa shape index (κ1) is 19.7. The number of pyridine rings is 2. The van der Waals surface area contributed by atoms with Crippen molar-refractivity contribution in [3.05, 3.63) is 69.0 Å². The number of aliphatic hydroxyl groups excluding tert-OH is 1. The molecule has 0 saturated carbocycles. The van der Waals surface area contributed by atoms with E-state index in [-0.39, 0.29) is 25.2 Å². The maximum absolute atomic E-state index is 13.3. The van der Waals surface area contributed by atoms with Crippen LogP contribution in [0.3, 0.4) is 0 Å². The Bertz CT molecular complexity index is 1320. The number of aromatic nitrogens is 2. The van der Waals surface area contributed by atoms with E-state index in [4.69, 9.17) is 9.72 Å². The molecule has 7 heteroatoms. The molecule has 3 aromatic rings.